The maximum Gasteiger partial charge on any atom is 0.265 e. The largest absolute Gasteiger partial charge is 0.268 e. The van der Waals surface area contributed by atoms with Crippen LogP contribution in [0.4, 0.5) is 0 Å². The van der Waals surface area contributed by atoms with E-state index in [4.69, 9.17) is 23.2 Å². The maximum absolute atomic E-state index is 12.4. The Bertz CT molecular complexity index is 673. The van der Waals surface area contributed by atoms with Crippen molar-refractivity contribution in [2.24, 2.45) is 4.99 Å². The molecule has 6 heteroatoms. The molecule has 2 aromatic rings. The highest BCUT2D eigenvalue weighted by Crippen LogP contribution is 2.31. The van der Waals surface area contributed by atoms with E-state index < -0.39 is 0 Å². The van der Waals surface area contributed by atoms with Gasteiger partial charge in [-0.3, -0.25) is 14.4 Å². The number of hydrogen-bond donors (Lipinski definition) is 0. The average molecular weight is 315 g/mol. The van der Waals surface area contributed by atoms with Crippen LogP contribution in [0.15, 0.2) is 35.5 Å². The first-order chi connectivity index (χ1) is 8.99. The lowest BCUT2D eigenvalue weighted by Crippen LogP contribution is -2.27. The summed E-state index contributed by atoms with van der Waals surface area (Å²) in [6.07, 6.45) is 1.67. The van der Waals surface area contributed by atoms with Crippen LogP contribution >= 0.6 is 34.5 Å². The van der Waals surface area contributed by atoms with E-state index in [1.807, 2.05) is 19.9 Å². The summed E-state index contributed by atoms with van der Waals surface area (Å²) in [5.74, 6) is -0.229. The summed E-state index contributed by atoms with van der Waals surface area (Å²) in [7, 11) is 0. The molecule has 0 fully saturated rings. The fourth-order valence-electron chi connectivity index (χ4n) is 1.59. The van der Waals surface area contributed by atoms with Crippen LogP contribution in [-0.4, -0.2) is 16.5 Å². The van der Waals surface area contributed by atoms with Crippen molar-refractivity contribution in [2.45, 2.75) is 19.9 Å². The fraction of sp³-hybridized carbons (Fsp3) is 0.231. The van der Waals surface area contributed by atoms with Gasteiger partial charge in [-0.1, -0.05) is 29.3 Å². The van der Waals surface area contributed by atoms with E-state index in [0.717, 1.165) is 0 Å². The summed E-state index contributed by atoms with van der Waals surface area (Å²) in [5.41, 5.74) is 0.994. The molecular formula is C13H12Cl2N2OS. The molecule has 2 heterocycles. The number of hydrogen-bond acceptors (Lipinski definition) is 3. The molecule has 0 N–H and O–H groups in total. The Labute approximate surface area is 125 Å². The summed E-state index contributed by atoms with van der Waals surface area (Å²) >= 11 is 13.1. The minimum absolute atomic E-state index is 0.1000. The van der Waals surface area contributed by atoms with Gasteiger partial charge in [-0.25, -0.2) is 0 Å². The lowest BCUT2D eigenvalue weighted by molar-refractivity contribution is 0.0955. The van der Waals surface area contributed by atoms with Crippen molar-refractivity contribution in [2.75, 3.05) is 0 Å². The third kappa shape index (κ3) is 3.26. The van der Waals surface area contributed by atoms with E-state index in [-0.39, 0.29) is 11.9 Å². The number of halogens is 2. The van der Waals surface area contributed by atoms with Crippen LogP contribution in [0.25, 0.3) is 0 Å². The number of carbonyl (C=O) groups excluding carboxylic acids is 1. The summed E-state index contributed by atoms with van der Waals surface area (Å²) in [5, 5.41) is 0. The molecule has 0 aliphatic heterocycles. The number of thiophene rings is 1. The van der Waals surface area contributed by atoms with E-state index in [1.165, 1.54) is 15.9 Å². The Morgan fingerprint density at radius 3 is 2.68 bits per heavy atom. The summed E-state index contributed by atoms with van der Waals surface area (Å²) in [6.45, 7) is 3.91. The number of rotatable bonds is 2. The summed E-state index contributed by atoms with van der Waals surface area (Å²) < 4.78 is 2.36. The molecular weight excluding hydrogens is 303 g/mol. The first kappa shape index (κ1) is 14.3. The van der Waals surface area contributed by atoms with Gasteiger partial charge in [-0.2, -0.15) is 0 Å². The van der Waals surface area contributed by atoms with Crippen molar-refractivity contribution in [3.63, 3.8) is 0 Å². The van der Waals surface area contributed by atoms with Crippen LogP contribution in [-0.2, 0) is 0 Å². The van der Waals surface area contributed by atoms with Crippen LogP contribution < -0.4 is 5.49 Å². The average Bonchev–Trinajstić information content (AvgIpc) is 2.67. The zero-order valence-corrected chi connectivity index (χ0v) is 12.8. The molecule has 100 valence electrons. The minimum atomic E-state index is -0.229. The number of nitrogens with zero attached hydrogens (tertiary/aromatic N) is 2. The minimum Gasteiger partial charge on any atom is -0.268 e. The molecule has 0 saturated heterocycles. The van der Waals surface area contributed by atoms with Crippen LogP contribution in [0.3, 0.4) is 0 Å². The second-order valence-electron chi connectivity index (χ2n) is 4.19. The maximum atomic E-state index is 12.4. The van der Waals surface area contributed by atoms with Crippen molar-refractivity contribution in [3.8, 4) is 0 Å². The molecule has 19 heavy (non-hydrogen) atoms. The van der Waals surface area contributed by atoms with E-state index in [1.54, 1.807) is 24.4 Å². The van der Waals surface area contributed by atoms with Crippen LogP contribution in [0.5, 0.6) is 0 Å². The highest BCUT2D eigenvalue weighted by atomic mass is 35.5. The topological polar surface area (TPSA) is 34.4 Å². The summed E-state index contributed by atoms with van der Waals surface area (Å²) in [4.78, 5) is 16.9. The van der Waals surface area contributed by atoms with Crippen LogP contribution in [0.2, 0.25) is 8.67 Å². The van der Waals surface area contributed by atoms with Crippen LogP contribution in [0, 0.1) is 0 Å². The third-order valence-corrected chi connectivity index (χ3v) is 3.82. The molecule has 0 atom stereocenters. The van der Waals surface area contributed by atoms with Gasteiger partial charge in [0.2, 0.25) is 0 Å². The predicted octanol–water partition coefficient (Wildman–Crippen LogP) is 3.85. The zero-order valence-electron chi connectivity index (χ0n) is 10.4. The molecule has 0 bridgehead atoms. The Kier molecular flexibility index (Phi) is 4.45. The van der Waals surface area contributed by atoms with Gasteiger partial charge in [0.15, 0.2) is 0 Å². The van der Waals surface area contributed by atoms with Crippen molar-refractivity contribution < 1.29 is 4.79 Å². The molecule has 0 aliphatic carbocycles. The Hall–Kier alpha value is -1.10. The lowest BCUT2D eigenvalue weighted by atomic mass is 10.3. The molecule has 0 amide bonds. The third-order valence-electron chi connectivity index (χ3n) is 2.33. The molecule has 0 spiro atoms. The standard InChI is InChI=1S/C13H12Cl2N2OS/c1-8(2)16-11-5-3-4-6-17(11)13(18)9-7-10(14)19-12(9)15/h3-8H,1-2H3. The van der Waals surface area contributed by atoms with E-state index in [9.17, 15) is 4.79 Å². The Morgan fingerprint density at radius 2 is 2.11 bits per heavy atom. The highest BCUT2D eigenvalue weighted by Gasteiger charge is 2.16. The van der Waals surface area contributed by atoms with E-state index >= 15 is 0 Å². The molecule has 2 rings (SSSR count). The van der Waals surface area contributed by atoms with Crippen molar-refractivity contribution >= 4 is 40.4 Å². The quantitative estimate of drug-likeness (QED) is 0.829. The van der Waals surface area contributed by atoms with Crippen LogP contribution in [0.1, 0.15) is 24.2 Å². The number of carbonyl (C=O) groups is 1. The van der Waals surface area contributed by atoms with Gasteiger partial charge in [0.1, 0.15) is 9.82 Å². The molecule has 0 aliphatic rings. The predicted molar refractivity (Wildman–Crippen MR) is 79.2 cm³/mol. The molecule has 0 aromatic carbocycles. The normalized spacial score (nSPS) is 12.2. The smallest absolute Gasteiger partial charge is 0.265 e. The highest BCUT2D eigenvalue weighted by molar-refractivity contribution is 7.20. The molecule has 2 aromatic heterocycles. The van der Waals surface area contributed by atoms with Gasteiger partial charge in [0.25, 0.3) is 5.91 Å². The van der Waals surface area contributed by atoms with Gasteiger partial charge < -0.3 is 0 Å². The number of pyridine rings is 1. The van der Waals surface area contributed by atoms with E-state index in [2.05, 4.69) is 4.99 Å². The first-order valence-electron chi connectivity index (χ1n) is 5.70. The zero-order chi connectivity index (χ0) is 14.0. The molecule has 0 radical (unpaired) electrons. The Balaban J connectivity index is 2.54. The summed E-state index contributed by atoms with van der Waals surface area (Å²) in [6, 6.07) is 7.09. The van der Waals surface area contributed by atoms with Gasteiger partial charge >= 0.3 is 0 Å². The van der Waals surface area contributed by atoms with E-state index in [0.29, 0.717) is 19.7 Å². The van der Waals surface area contributed by atoms with Crippen molar-refractivity contribution in [1.29, 1.82) is 0 Å². The molecule has 0 unspecified atom stereocenters. The SMILES string of the molecule is CC(C)N=c1ccccn1C(=O)c1cc(Cl)sc1Cl. The Morgan fingerprint density at radius 1 is 1.37 bits per heavy atom. The van der Waals surface area contributed by atoms with Gasteiger partial charge in [-0.15, -0.1) is 11.3 Å². The lowest BCUT2D eigenvalue weighted by Gasteiger charge is -2.06. The second kappa shape index (κ2) is 5.90. The fourth-order valence-corrected chi connectivity index (χ4v) is 3.04. The molecule has 0 saturated carbocycles. The van der Waals surface area contributed by atoms with Crippen molar-refractivity contribution in [1.82, 2.24) is 4.57 Å². The van der Waals surface area contributed by atoms with Gasteiger partial charge in [-0.05, 0) is 32.0 Å². The van der Waals surface area contributed by atoms with Gasteiger partial charge in [0, 0.05) is 12.2 Å². The monoisotopic (exact) mass is 314 g/mol. The molecule has 3 nitrogen and oxygen atoms in total. The first-order valence-corrected chi connectivity index (χ1v) is 7.27. The van der Waals surface area contributed by atoms with Gasteiger partial charge in [0.05, 0.1) is 9.90 Å². The number of aromatic nitrogens is 1. The second-order valence-corrected chi connectivity index (χ2v) is 6.48. The van der Waals surface area contributed by atoms with Crippen molar-refractivity contribution in [3.05, 3.63) is 50.2 Å².